The summed E-state index contributed by atoms with van der Waals surface area (Å²) in [5, 5.41) is 4.79. The molecule has 1 aromatic carbocycles. The fourth-order valence-corrected chi connectivity index (χ4v) is 4.10. The summed E-state index contributed by atoms with van der Waals surface area (Å²) in [6.45, 7) is 4.86. The maximum atomic E-state index is 12.3. The molecule has 0 atom stereocenters. The smallest absolute Gasteiger partial charge is 0.189 e. The van der Waals surface area contributed by atoms with Crippen molar-refractivity contribution in [2.24, 2.45) is 0 Å². The molecule has 130 valence electrons. The van der Waals surface area contributed by atoms with Gasteiger partial charge >= 0.3 is 0 Å². The normalized spacial score (nSPS) is 17.0. The molecule has 0 amide bonds. The molecule has 0 aliphatic heterocycles. The van der Waals surface area contributed by atoms with Gasteiger partial charge in [-0.15, -0.1) is 0 Å². The van der Waals surface area contributed by atoms with Crippen molar-refractivity contribution >= 4 is 22.5 Å². The summed E-state index contributed by atoms with van der Waals surface area (Å²) in [7, 11) is 2.21. The lowest BCUT2D eigenvalue weighted by molar-refractivity contribution is 0.128. The van der Waals surface area contributed by atoms with E-state index in [1.807, 2.05) is 6.07 Å². The van der Waals surface area contributed by atoms with E-state index in [-0.39, 0.29) is 11.0 Å². The Bertz CT molecular complexity index is 765. The van der Waals surface area contributed by atoms with Crippen LogP contribution in [0.2, 0.25) is 5.02 Å². The SMILES string of the molecule is CCN(C)C1(CNCc2cc(=O)c3cccc(Cl)c3[nH]2)CCCC1. The molecule has 1 heterocycles. The van der Waals surface area contributed by atoms with Crippen LogP contribution in [0.1, 0.15) is 38.3 Å². The monoisotopic (exact) mass is 347 g/mol. The lowest BCUT2D eigenvalue weighted by Crippen LogP contribution is -2.51. The number of benzene rings is 1. The third kappa shape index (κ3) is 3.37. The summed E-state index contributed by atoms with van der Waals surface area (Å²) in [4.78, 5) is 18.0. The molecule has 0 saturated heterocycles. The Morgan fingerprint density at radius 3 is 2.79 bits per heavy atom. The molecular weight excluding hydrogens is 322 g/mol. The number of rotatable bonds is 6. The Hall–Kier alpha value is -1.36. The molecule has 1 aliphatic carbocycles. The van der Waals surface area contributed by atoms with Gasteiger partial charge in [-0.3, -0.25) is 9.69 Å². The number of para-hydroxylation sites is 1. The quantitative estimate of drug-likeness (QED) is 0.840. The Kier molecular flexibility index (Phi) is 5.28. The predicted octanol–water partition coefficient (Wildman–Crippen LogP) is 3.54. The zero-order valence-corrected chi connectivity index (χ0v) is 15.2. The highest BCUT2D eigenvalue weighted by Gasteiger charge is 2.36. The van der Waals surface area contributed by atoms with Crippen molar-refractivity contribution in [3.63, 3.8) is 0 Å². The van der Waals surface area contributed by atoms with Gasteiger partial charge in [0.05, 0.1) is 10.5 Å². The van der Waals surface area contributed by atoms with Crippen LogP contribution < -0.4 is 10.7 Å². The van der Waals surface area contributed by atoms with Gasteiger partial charge in [-0.1, -0.05) is 37.4 Å². The summed E-state index contributed by atoms with van der Waals surface area (Å²) in [6.07, 6.45) is 5.08. The van der Waals surface area contributed by atoms with E-state index >= 15 is 0 Å². The molecule has 2 N–H and O–H groups in total. The summed E-state index contributed by atoms with van der Waals surface area (Å²) in [6, 6.07) is 7.10. The molecular formula is C19H26ClN3O. The van der Waals surface area contributed by atoms with Gasteiger partial charge in [0, 0.05) is 35.8 Å². The predicted molar refractivity (Wildman–Crippen MR) is 101 cm³/mol. The molecule has 0 radical (unpaired) electrons. The molecule has 0 spiro atoms. The van der Waals surface area contributed by atoms with Gasteiger partial charge in [0.1, 0.15) is 0 Å². The maximum absolute atomic E-state index is 12.3. The maximum Gasteiger partial charge on any atom is 0.189 e. The van der Waals surface area contributed by atoms with Crippen molar-refractivity contribution in [1.29, 1.82) is 0 Å². The van der Waals surface area contributed by atoms with Gasteiger partial charge in [-0.25, -0.2) is 0 Å². The summed E-state index contributed by atoms with van der Waals surface area (Å²) in [5.41, 5.74) is 1.88. The largest absolute Gasteiger partial charge is 0.356 e. The van der Waals surface area contributed by atoms with Crippen LogP contribution in [-0.4, -0.2) is 35.6 Å². The molecule has 3 rings (SSSR count). The first-order chi connectivity index (χ1) is 11.6. The number of hydrogen-bond acceptors (Lipinski definition) is 3. The average molecular weight is 348 g/mol. The Balaban J connectivity index is 1.74. The molecule has 24 heavy (non-hydrogen) atoms. The van der Waals surface area contributed by atoms with Gasteiger partial charge in [-0.05, 0) is 38.6 Å². The van der Waals surface area contributed by atoms with Crippen molar-refractivity contribution in [3.05, 3.63) is 45.2 Å². The highest BCUT2D eigenvalue weighted by atomic mass is 35.5. The molecule has 2 aromatic rings. The van der Waals surface area contributed by atoms with Crippen molar-refractivity contribution in [1.82, 2.24) is 15.2 Å². The van der Waals surface area contributed by atoms with E-state index < -0.39 is 0 Å². The summed E-state index contributed by atoms with van der Waals surface area (Å²) < 4.78 is 0. The number of nitrogens with zero attached hydrogens (tertiary/aromatic N) is 1. The highest BCUT2D eigenvalue weighted by Crippen LogP contribution is 2.33. The fourth-order valence-electron chi connectivity index (χ4n) is 3.88. The molecule has 5 heteroatoms. The molecule has 1 aromatic heterocycles. The van der Waals surface area contributed by atoms with Crippen LogP contribution in [0.3, 0.4) is 0 Å². The zero-order chi connectivity index (χ0) is 17.2. The fraction of sp³-hybridized carbons (Fsp3) is 0.526. The molecule has 1 saturated carbocycles. The molecule has 0 unspecified atom stereocenters. The number of nitrogens with one attached hydrogen (secondary N) is 2. The van der Waals surface area contributed by atoms with Crippen molar-refractivity contribution in [2.75, 3.05) is 20.1 Å². The van der Waals surface area contributed by atoms with Crippen LogP contribution in [0, 0.1) is 0 Å². The van der Waals surface area contributed by atoms with Gasteiger partial charge in [-0.2, -0.15) is 0 Å². The zero-order valence-electron chi connectivity index (χ0n) is 14.5. The molecule has 4 nitrogen and oxygen atoms in total. The van der Waals surface area contributed by atoms with E-state index in [0.29, 0.717) is 17.0 Å². The Morgan fingerprint density at radius 1 is 1.33 bits per heavy atom. The van der Waals surface area contributed by atoms with Crippen molar-refractivity contribution in [3.8, 4) is 0 Å². The summed E-state index contributed by atoms with van der Waals surface area (Å²) >= 11 is 6.22. The lowest BCUT2D eigenvalue weighted by Gasteiger charge is -2.38. The Labute approximate surface area is 148 Å². The third-order valence-electron chi connectivity index (χ3n) is 5.46. The van der Waals surface area contributed by atoms with E-state index in [0.717, 1.165) is 24.3 Å². The first-order valence-corrected chi connectivity index (χ1v) is 9.16. The van der Waals surface area contributed by atoms with Crippen molar-refractivity contribution in [2.45, 2.75) is 44.7 Å². The van der Waals surface area contributed by atoms with Crippen LogP contribution in [0.15, 0.2) is 29.1 Å². The highest BCUT2D eigenvalue weighted by molar-refractivity contribution is 6.35. The van der Waals surface area contributed by atoms with E-state index in [9.17, 15) is 4.79 Å². The van der Waals surface area contributed by atoms with Crippen molar-refractivity contribution < 1.29 is 0 Å². The first kappa shape index (κ1) is 17.5. The number of pyridine rings is 1. The van der Waals surface area contributed by atoms with E-state index in [1.54, 1.807) is 18.2 Å². The first-order valence-electron chi connectivity index (χ1n) is 8.78. The second-order valence-electron chi connectivity index (χ2n) is 6.87. The topological polar surface area (TPSA) is 48.1 Å². The Morgan fingerprint density at radius 2 is 2.08 bits per heavy atom. The lowest BCUT2D eigenvalue weighted by atomic mass is 9.95. The number of likely N-dealkylation sites (N-methyl/N-ethyl adjacent to an activating group) is 1. The van der Waals surface area contributed by atoms with E-state index in [1.165, 1.54) is 25.7 Å². The molecule has 1 fully saturated rings. The minimum Gasteiger partial charge on any atom is -0.356 e. The van der Waals surface area contributed by atoms with Crippen LogP contribution in [0.4, 0.5) is 0 Å². The van der Waals surface area contributed by atoms with Crippen LogP contribution >= 0.6 is 11.6 Å². The van der Waals surface area contributed by atoms with Crippen LogP contribution in [0.25, 0.3) is 10.9 Å². The van der Waals surface area contributed by atoms with Crippen LogP contribution in [0.5, 0.6) is 0 Å². The molecule has 0 bridgehead atoms. The van der Waals surface area contributed by atoms with Crippen LogP contribution in [-0.2, 0) is 6.54 Å². The number of aromatic amines is 1. The second-order valence-corrected chi connectivity index (χ2v) is 7.28. The minimum atomic E-state index is 0.0179. The summed E-state index contributed by atoms with van der Waals surface area (Å²) in [5.74, 6) is 0. The number of H-pyrrole nitrogens is 1. The minimum absolute atomic E-state index is 0.0179. The number of aromatic nitrogens is 1. The van der Waals surface area contributed by atoms with E-state index in [4.69, 9.17) is 11.6 Å². The third-order valence-corrected chi connectivity index (χ3v) is 5.77. The second kappa shape index (κ2) is 7.26. The number of fused-ring (bicyclic) bond motifs is 1. The van der Waals surface area contributed by atoms with Gasteiger partial charge in [0.25, 0.3) is 0 Å². The standard InChI is InChI=1S/C19H26ClN3O/c1-3-23(2)19(9-4-5-10-19)13-21-12-14-11-17(24)15-7-6-8-16(20)18(15)22-14/h6-8,11,21H,3-5,9-10,12-13H2,1-2H3,(H,22,24). The van der Waals surface area contributed by atoms with Gasteiger partial charge in [0.15, 0.2) is 5.43 Å². The van der Waals surface area contributed by atoms with E-state index in [2.05, 4.69) is 29.2 Å². The average Bonchev–Trinajstić information content (AvgIpc) is 3.05. The number of hydrogen-bond donors (Lipinski definition) is 2. The van der Waals surface area contributed by atoms with Gasteiger partial charge < -0.3 is 10.3 Å². The van der Waals surface area contributed by atoms with Gasteiger partial charge in [0.2, 0.25) is 0 Å². The number of halogens is 1. The molecule has 1 aliphatic rings.